The van der Waals surface area contributed by atoms with E-state index in [1.54, 1.807) is 38.3 Å². The van der Waals surface area contributed by atoms with E-state index < -0.39 is 6.10 Å². The van der Waals surface area contributed by atoms with Crippen LogP contribution < -0.4 is 14.8 Å². The highest BCUT2D eigenvalue weighted by atomic mass is 79.9. The topological polar surface area (TPSA) is 47.6 Å². The highest BCUT2D eigenvalue weighted by molar-refractivity contribution is 9.10. The largest absolute Gasteiger partial charge is 0.497 e. The number of amides is 1. The number of hydrogen-bond donors (Lipinski definition) is 1. The van der Waals surface area contributed by atoms with Gasteiger partial charge in [0.15, 0.2) is 6.10 Å². The molecule has 116 valence electrons. The number of rotatable bonds is 5. The zero-order chi connectivity index (χ0) is 16.1. The summed E-state index contributed by atoms with van der Waals surface area (Å²) in [5.74, 6) is 0.423. The number of halogens is 2. The number of nitrogens with one attached hydrogen (secondary N) is 1. The summed E-state index contributed by atoms with van der Waals surface area (Å²) in [5, 5.41) is 2.74. The van der Waals surface area contributed by atoms with Gasteiger partial charge in [0.2, 0.25) is 0 Å². The molecule has 0 spiro atoms. The van der Waals surface area contributed by atoms with Gasteiger partial charge in [0.25, 0.3) is 5.91 Å². The van der Waals surface area contributed by atoms with Crippen LogP contribution in [0.1, 0.15) is 6.92 Å². The van der Waals surface area contributed by atoms with Gasteiger partial charge < -0.3 is 14.8 Å². The lowest BCUT2D eigenvalue weighted by Crippen LogP contribution is -2.30. The first-order chi connectivity index (χ1) is 10.5. The molecule has 1 atom stereocenters. The van der Waals surface area contributed by atoms with Crippen LogP contribution in [0, 0.1) is 5.82 Å². The van der Waals surface area contributed by atoms with Crippen molar-refractivity contribution in [2.75, 3.05) is 12.4 Å². The van der Waals surface area contributed by atoms with Crippen molar-refractivity contribution in [2.24, 2.45) is 0 Å². The Bertz CT molecular complexity index is 661. The average Bonchev–Trinajstić information content (AvgIpc) is 2.50. The van der Waals surface area contributed by atoms with E-state index in [9.17, 15) is 9.18 Å². The Hall–Kier alpha value is -2.08. The van der Waals surface area contributed by atoms with Crippen LogP contribution in [0.5, 0.6) is 11.5 Å². The summed E-state index contributed by atoms with van der Waals surface area (Å²) in [7, 11) is 1.57. The molecule has 0 fully saturated rings. The van der Waals surface area contributed by atoms with Crippen LogP contribution in [0.4, 0.5) is 10.1 Å². The summed E-state index contributed by atoms with van der Waals surface area (Å²) in [5.41, 5.74) is 0.638. The second-order valence-electron chi connectivity index (χ2n) is 4.55. The van der Waals surface area contributed by atoms with E-state index >= 15 is 0 Å². The molecule has 0 aliphatic heterocycles. The molecule has 0 bridgehead atoms. The van der Waals surface area contributed by atoms with Gasteiger partial charge in [-0.2, -0.15) is 0 Å². The molecule has 6 heteroatoms. The van der Waals surface area contributed by atoms with Crippen molar-refractivity contribution in [3.63, 3.8) is 0 Å². The van der Waals surface area contributed by atoms with Gasteiger partial charge in [-0.05, 0) is 65.3 Å². The monoisotopic (exact) mass is 367 g/mol. The van der Waals surface area contributed by atoms with E-state index in [0.717, 1.165) is 0 Å². The molecule has 22 heavy (non-hydrogen) atoms. The van der Waals surface area contributed by atoms with E-state index in [0.29, 0.717) is 21.7 Å². The van der Waals surface area contributed by atoms with Crippen LogP contribution in [0.2, 0.25) is 0 Å². The first-order valence-electron chi connectivity index (χ1n) is 6.56. The third-order valence-corrected chi connectivity index (χ3v) is 3.54. The predicted molar refractivity (Wildman–Crippen MR) is 85.8 cm³/mol. The molecule has 0 aliphatic carbocycles. The number of carbonyl (C=O) groups is 1. The van der Waals surface area contributed by atoms with Crippen LogP contribution in [0.25, 0.3) is 0 Å². The normalized spacial score (nSPS) is 11.6. The number of anilines is 1. The summed E-state index contributed by atoms with van der Waals surface area (Å²) in [6.07, 6.45) is -0.733. The van der Waals surface area contributed by atoms with Crippen molar-refractivity contribution >= 4 is 27.5 Å². The summed E-state index contributed by atoms with van der Waals surface area (Å²) >= 11 is 3.20. The molecular weight excluding hydrogens is 353 g/mol. The maximum atomic E-state index is 13.0. The van der Waals surface area contributed by atoms with Crippen molar-refractivity contribution in [3.05, 3.63) is 52.8 Å². The molecule has 1 amide bonds. The molecule has 2 rings (SSSR count). The lowest BCUT2D eigenvalue weighted by atomic mass is 10.2. The van der Waals surface area contributed by atoms with Crippen molar-refractivity contribution in [1.82, 2.24) is 0 Å². The Labute approximate surface area is 136 Å². The van der Waals surface area contributed by atoms with E-state index in [1.165, 1.54) is 18.2 Å². The zero-order valence-electron chi connectivity index (χ0n) is 12.1. The Morgan fingerprint density at radius 2 is 1.91 bits per heavy atom. The van der Waals surface area contributed by atoms with Gasteiger partial charge in [0.05, 0.1) is 11.6 Å². The summed E-state index contributed by atoms with van der Waals surface area (Å²) in [6, 6.07) is 11.0. The summed E-state index contributed by atoms with van der Waals surface area (Å²) in [4.78, 5) is 12.1. The summed E-state index contributed by atoms with van der Waals surface area (Å²) in [6.45, 7) is 1.62. The van der Waals surface area contributed by atoms with Crippen molar-refractivity contribution < 1.29 is 18.7 Å². The Kier molecular flexibility index (Phi) is 5.38. The molecule has 1 N–H and O–H groups in total. The smallest absolute Gasteiger partial charge is 0.265 e. The van der Waals surface area contributed by atoms with Crippen molar-refractivity contribution in [1.29, 1.82) is 0 Å². The standard InChI is InChI=1S/C16H15BrFNO3/c1-10(22-15-8-3-11(18)9-14(15)17)16(20)19-12-4-6-13(21-2)7-5-12/h3-10H,1-2H3,(H,19,20)/t10-/m0/s1. The van der Waals surface area contributed by atoms with E-state index in [-0.39, 0.29) is 11.7 Å². The number of benzene rings is 2. The molecule has 0 unspecified atom stereocenters. The van der Waals surface area contributed by atoms with Crippen LogP contribution in [-0.2, 0) is 4.79 Å². The molecule has 2 aromatic carbocycles. The highest BCUT2D eigenvalue weighted by Crippen LogP contribution is 2.26. The first-order valence-corrected chi connectivity index (χ1v) is 7.35. The number of methoxy groups -OCH3 is 1. The van der Waals surface area contributed by atoms with Gasteiger partial charge in [0, 0.05) is 5.69 Å². The molecule has 4 nitrogen and oxygen atoms in total. The number of carbonyl (C=O) groups excluding carboxylic acids is 1. The number of ether oxygens (including phenoxy) is 2. The van der Waals surface area contributed by atoms with Gasteiger partial charge in [0.1, 0.15) is 17.3 Å². The molecule has 0 heterocycles. The van der Waals surface area contributed by atoms with Crippen LogP contribution in [-0.4, -0.2) is 19.1 Å². The number of hydrogen-bond acceptors (Lipinski definition) is 3. The Morgan fingerprint density at radius 1 is 1.23 bits per heavy atom. The third kappa shape index (κ3) is 4.21. The van der Waals surface area contributed by atoms with Crippen LogP contribution in [0.3, 0.4) is 0 Å². The minimum Gasteiger partial charge on any atom is -0.497 e. The predicted octanol–water partition coefficient (Wildman–Crippen LogP) is 4.00. The highest BCUT2D eigenvalue weighted by Gasteiger charge is 2.16. The van der Waals surface area contributed by atoms with Gasteiger partial charge in [-0.25, -0.2) is 4.39 Å². The zero-order valence-corrected chi connectivity index (χ0v) is 13.7. The molecule has 0 saturated heterocycles. The Morgan fingerprint density at radius 3 is 2.50 bits per heavy atom. The van der Waals surface area contributed by atoms with E-state index in [1.807, 2.05) is 0 Å². The fourth-order valence-electron chi connectivity index (χ4n) is 1.73. The van der Waals surface area contributed by atoms with Gasteiger partial charge >= 0.3 is 0 Å². The second kappa shape index (κ2) is 7.26. The van der Waals surface area contributed by atoms with Gasteiger partial charge in [-0.15, -0.1) is 0 Å². The minimum atomic E-state index is -0.733. The molecule has 0 aromatic heterocycles. The first kappa shape index (κ1) is 16.3. The second-order valence-corrected chi connectivity index (χ2v) is 5.41. The van der Waals surface area contributed by atoms with E-state index in [2.05, 4.69) is 21.2 Å². The molecule has 2 aromatic rings. The molecule has 0 aliphatic rings. The third-order valence-electron chi connectivity index (χ3n) is 2.92. The maximum Gasteiger partial charge on any atom is 0.265 e. The lowest BCUT2D eigenvalue weighted by Gasteiger charge is -2.16. The average molecular weight is 368 g/mol. The quantitative estimate of drug-likeness (QED) is 0.868. The maximum absolute atomic E-state index is 13.0. The fourth-order valence-corrected chi connectivity index (χ4v) is 2.18. The van der Waals surface area contributed by atoms with Gasteiger partial charge in [-0.3, -0.25) is 4.79 Å². The Balaban J connectivity index is 1.99. The van der Waals surface area contributed by atoms with E-state index in [4.69, 9.17) is 9.47 Å². The summed E-state index contributed by atoms with van der Waals surface area (Å²) < 4.78 is 24.1. The fraction of sp³-hybridized carbons (Fsp3) is 0.188. The van der Waals surface area contributed by atoms with Crippen molar-refractivity contribution in [3.8, 4) is 11.5 Å². The lowest BCUT2D eigenvalue weighted by molar-refractivity contribution is -0.122. The van der Waals surface area contributed by atoms with Gasteiger partial charge in [-0.1, -0.05) is 0 Å². The molecular formula is C16H15BrFNO3. The molecule has 0 radical (unpaired) electrons. The SMILES string of the molecule is COc1ccc(NC(=O)[C@H](C)Oc2ccc(F)cc2Br)cc1. The van der Waals surface area contributed by atoms with Crippen molar-refractivity contribution in [2.45, 2.75) is 13.0 Å². The van der Waals surface area contributed by atoms with Crippen LogP contribution >= 0.6 is 15.9 Å². The van der Waals surface area contributed by atoms with Crippen LogP contribution in [0.15, 0.2) is 46.9 Å². The minimum absolute atomic E-state index is 0.304. The molecule has 0 saturated carbocycles.